The number of benzene rings is 1. The van der Waals surface area contributed by atoms with Gasteiger partial charge in [-0.3, -0.25) is 4.68 Å². The summed E-state index contributed by atoms with van der Waals surface area (Å²) < 4.78 is 15.5. The average Bonchev–Trinajstić information content (AvgIpc) is 2.69. The lowest BCUT2D eigenvalue weighted by Crippen LogP contribution is -2.10. The molecule has 0 fully saturated rings. The van der Waals surface area contributed by atoms with Crippen molar-refractivity contribution in [3.8, 4) is 0 Å². The average molecular weight is 283 g/mol. The van der Waals surface area contributed by atoms with Crippen molar-refractivity contribution in [2.75, 3.05) is 0 Å². The van der Waals surface area contributed by atoms with Crippen LogP contribution in [0.3, 0.4) is 0 Å². The van der Waals surface area contributed by atoms with Crippen LogP contribution in [-0.2, 0) is 13.0 Å². The topological polar surface area (TPSA) is 38.0 Å². The van der Waals surface area contributed by atoms with E-state index in [0.717, 1.165) is 11.4 Å². The van der Waals surface area contributed by atoms with Gasteiger partial charge in [0.25, 0.3) is 0 Å². The number of hydrogen-bond acceptors (Lipinski definition) is 2. The Morgan fingerprint density at radius 2 is 2.21 bits per heavy atom. The van der Waals surface area contributed by atoms with E-state index in [1.54, 1.807) is 10.7 Å². The molecule has 3 nitrogen and oxygen atoms in total. The Kier molecular flexibility index (Phi) is 4.22. The van der Waals surface area contributed by atoms with E-state index in [1.807, 2.05) is 19.9 Å². The molecular formula is C14H16ClFN2O. The van der Waals surface area contributed by atoms with Crippen LogP contribution in [0.4, 0.5) is 4.39 Å². The maximum Gasteiger partial charge on any atom is 0.130 e. The fraction of sp³-hybridized carbons (Fsp3) is 0.357. The summed E-state index contributed by atoms with van der Waals surface area (Å²) in [7, 11) is 0. The predicted molar refractivity (Wildman–Crippen MR) is 72.7 cm³/mol. The van der Waals surface area contributed by atoms with Gasteiger partial charge in [0, 0.05) is 29.2 Å². The molecule has 1 unspecified atom stereocenters. The van der Waals surface area contributed by atoms with E-state index in [4.69, 9.17) is 11.6 Å². The fourth-order valence-corrected chi connectivity index (χ4v) is 2.46. The highest BCUT2D eigenvalue weighted by Crippen LogP contribution is 2.28. The fourth-order valence-electron chi connectivity index (χ4n) is 2.17. The molecule has 1 aromatic carbocycles. The Labute approximate surface area is 116 Å². The van der Waals surface area contributed by atoms with Gasteiger partial charge in [-0.2, -0.15) is 5.10 Å². The highest BCUT2D eigenvalue weighted by molar-refractivity contribution is 6.31. The van der Waals surface area contributed by atoms with Crippen molar-refractivity contribution in [1.29, 1.82) is 0 Å². The third kappa shape index (κ3) is 2.96. The van der Waals surface area contributed by atoms with Gasteiger partial charge in [0.05, 0.1) is 11.8 Å². The number of aromatic nitrogens is 2. The zero-order valence-electron chi connectivity index (χ0n) is 10.9. The van der Waals surface area contributed by atoms with Crippen molar-refractivity contribution < 1.29 is 9.50 Å². The zero-order chi connectivity index (χ0) is 14.0. The first kappa shape index (κ1) is 14.0. The van der Waals surface area contributed by atoms with Gasteiger partial charge >= 0.3 is 0 Å². The molecule has 0 bridgehead atoms. The first-order chi connectivity index (χ1) is 9.02. The van der Waals surface area contributed by atoms with Crippen molar-refractivity contribution in [2.45, 2.75) is 32.9 Å². The number of halogens is 2. The molecule has 2 rings (SSSR count). The molecule has 0 aliphatic heterocycles. The minimum atomic E-state index is -0.977. The standard InChI is InChI=1S/C14H16ClFN2O/c1-3-18-10(7-9(2)17-18)8-13(19)14-11(15)5-4-6-12(14)16/h4-7,13,19H,3,8H2,1-2H3. The molecule has 102 valence electrons. The van der Waals surface area contributed by atoms with Gasteiger partial charge in [-0.1, -0.05) is 17.7 Å². The molecule has 1 atom stereocenters. The monoisotopic (exact) mass is 282 g/mol. The van der Waals surface area contributed by atoms with Crippen LogP contribution < -0.4 is 0 Å². The number of aryl methyl sites for hydroxylation is 2. The quantitative estimate of drug-likeness (QED) is 0.934. The van der Waals surface area contributed by atoms with Gasteiger partial charge in [-0.25, -0.2) is 4.39 Å². The smallest absolute Gasteiger partial charge is 0.130 e. The maximum atomic E-state index is 13.7. The summed E-state index contributed by atoms with van der Waals surface area (Å²) in [4.78, 5) is 0. The van der Waals surface area contributed by atoms with E-state index in [1.165, 1.54) is 12.1 Å². The zero-order valence-corrected chi connectivity index (χ0v) is 11.7. The molecule has 5 heteroatoms. The second-order valence-electron chi connectivity index (χ2n) is 4.45. The number of aliphatic hydroxyl groups is 1. The molecule has 1 heterocycles. The summed E-state index contributed by atoms with van der Waals surface area (Å²) in [6.07, 6.45) is -0.690. The number of rotatable bonds is 4. The first-order valence-electron chi connectivity index (χ1n) is 6.18. The Hall–Kier alpha value is -1.39. The van der Waals surface area contributed by atoms with E-state index in [2.05, 4.69) is 5.10 Å². The summed E-state index contributed by atoms with van der Waals surface area (Å²) >= 11 is 5.95. The molecule has 1 N–H and O–H groups in total. The summed E-state index contributed by atoms with van der Waals surface area (Å²) in [5.74, 6) is -0.487. The summed E-state index contributed by atoms with van der Waals surface area (Å²) in [5.41, 5.74) is 1.89. The lowest BCUT2D eigenvalue weighted by molar-refractivity contribution is 0.171. The van der Waals surface area contributed by atoms with Gasteiger partial charge in [0.15, 0.2) is 0 Å². The molecule has 2 aromatic rings. The van der Waals surface area contributed by atoms with Crippen LogP contribution in [-0.4, -0.2) is 14.9 Å². The van der Waals surface area contributed by atoms with Crippen molar-refractivity contribution in [3.63, 3.8) is 0 Å². The normalized spacial score (nSPS) is 12.7. The number of aliphatic hydroxyl groups excluding tert-OH is 1. The number of nitrogens with zero attached hydrogens (tertiary/aromatic N) is 2. The minimum Gasteiger partial charge on any atom is -0.388 e. The SMILES string of the molecule is CCn1nc(C)cc1CC(O)c1c(F)cccc1Cl. The molecule has 0 amide bonds. The van der Waals surface area contributed by atoms with Crippen LogP contribution in [0.15, 0.2) is 24.3 Å². The highest BCUT2D eigenvalue weighted by Gasteiger charge is 2.19. The minimum absolute atomic E-state index is 0.144. The maximum absolute atomic E-state index is 13.7. The summed E-state index contributed by atoms with van der Waals surface area (Å²) in [6, 6.07) is 6.29. The van der Waals surface area contributed by atoms with Crippen LogP contribution in [0, 0.1) is 12.7 Å². The molecular weight excluding hydrogens is 267 g/mol. The summed E-state index contributed by atoms with van der Waals surface area (Å²) in [5, 5.41) is 14.7. The Balaban J connectivity index is 2.28. The van der Waals surface area contributed by atoms with Crippen LogP contribution in [0.1, 0.15) is 30.0 Å². The van der Waals surface area contributed by atoms with Crippen molar-refractivity contribution in [2.24, 2.45) is 0 Å². The molecule has 0 aliphatic carbocycles. The molecule has 0 spiro atoms. The van der Waals surface area contributed by atoms with Crippen molar-refractivity contribution >= 4 is 11.6 Å². The molecule has 0 radical (unpaired) electrons. The highest BCUT2D eigenvalue weighted by atomic mass is 35.5. The largest absolute Gasteiger partial charge is 0.388 e. The van der Waals surface area contributed by atoms with Crippen LogP contribution >= 0.6 is 11.6 Å². The lowest BCUT2D eigenvalue weighted by atomic mass is 10.0. The second kappa shape index (κ2) is 5.72. The van der Waals surface area contributed by atoms with Crippen molar-refractivity contribution in [3.05, 3.63) is 52.1 Å². The Bertz CT molecular complexity index is 563. The Morgan fingerprint density at radius 1 is 1.47 bits per heavy atom. The Morgan fingerprint density at radius 3 is 2.84 bits per heavy atom. The molecule has 1 aromatic heterocycles. The molecule has 0 saturated carbocycles. The lowest BCUT2D eigenvalue weighted by Gasteiger charge is -2.14. The van der Waals surface area contributed by atoms with Gasteiger partial charge < -0.3 is 5.11 Å². The van der Waals surface area contributed by atoms with E-state index in [-0.39, 0.29) is 17.0 Å². The third-order valence-corrected chi connectivity index (χ3v) is 3.35. The van der Waals surface area contributed by atoms with E-state index in [9.17, 15) is 9.50 Å². The van der Waals surface area contributed by atoms with Gasteiger partial charge in [-0.15, -0.1) is 0 Å². The molecule has 0 aliphatic rings. The predicted octanol–water partition coefficient (Wildman–Crippen LogP) is 3.28. The summed E-state index contributed by atoms with van der Waals surface area (Å²) in [6.45, 7) is 4.57. The second-order valence-corrected chi connectivity index (χ2v) is 4.86. The van der Waals surface area contributed by atoms with Gasteiger partial charge in [0.1, 0.15) is 5.82 Å². The van der Waals surface area contributed by atoms with E-state index < -0.39 is 11.9 Å². The van der Waals surface area contributed by atoms with Crippen LogP contribution in [0.2, 0.25) is 5.02 Å². The van der Waals surface area contributed by atoms with Crippen molar-refractivity contribution in [1.82, 2.24) is 9.78 Å². The van der Waals surface area contributed by atoms with Crippen LogP contribution in [0.25, 0.3) is 0 Å². The number of hydrogen-bond donors (Lipinski definition) is 1. The van der Waals surface area contributed by atoms with Crippen LogP contribution in [0.5, 0.6) is 0 Å². The molecule has 19 heavy (non-hydrogen) atoms. The molecule has 0 saturated heterocycles. The van der Waals surface area contributed by atoms with E-state index >= 15 is 0 Å². The van der Waals surface area contributed by atoms with E-state index in [0.29, 0.717) is 6.54 Å². The first-order valence-corrected chi connectivity index (χ1v) is 6.56. The third-order valence-electron chi connectivity index (χ3n) is 3.02. The van der Waals surface area contributed by atoms with Gasteiger partial charge in [-0.05, 0) is 32.0 Å². The van der Waals surface area contributed by atoms with Gasteiger partial charge in [0.2, 0.25) is 0 Å².